The van der Waals surface area contributed by atoms with Gasteiger partial charge in [0.15, 0.2) is 0 Å². The molecule has 118 valence electrons. The number of carbonyl (C=O) groups is 2. The summed E-state index contributed by atoms with van der Waals surface area (Å²) in [6, 6.07) is 0. The first-order valence-electron chi connectivity index (χ1n) is 7.66. The molecule has 3 nitrogen and oxygen atoms in total. The molecule has 0 saturated carbocycles. The molecule has 0 fully saturated rings. The minimum atomic E-state index is -0.351. The van der Waals surface area contributed by atoms with Crippen LogP contribution in [0.5, 0.6) is 0 Å². The van der Waals surface area contributed by atoms with Crippen LogP contribution in [0.2, 0.25) is 0 Å². The Kier molecular flexibility index (Phi) is 6.92. The van der Waals surface area contributed by atoms with Gasteiger partial charge in [0.1, 0.15) is 5.78 Å². The van der Waals surface area contributed by atoms with Crippen molar-refractivity contribution in [2.24, 2.45) is 16.7 Å². The van der Waals surface area contributed by atoms with E-state index in [1.54, 1.807) is 4.90 Å². The van der Waals surface area contributed by atoms with Crippen LogP contribution in [0.15, 0.2) is 0 Å². The fourth-order valence-corrected chi connectivity index (χ4v) is 2.23. The third kappa shape index (κ3) is 6.53. The summed E-state index contributed by atoms with van der Waals surface area (Å²) in [6.07, 6.45) is 1.73. The molecule has 0 aliphatic rings. The van der Waals surface area contributed by atoms with Crippen LogP contribution >= 0.6 is 0 Å². The van der Waals surface area contributed by atoms with E-state index in [4.69, 9.17) is 0 Å². The molecule has 0 saturated heterocycles. The van der Waals surface area contributed by atoms with Crippen LogP contribution < -0.4 is 0 Å². The molecule has 20 heavy (non-hydrogen) atoms. The molecule has 0 aromatic rings. The smallest absolute Gasteiger partial charge is 0.222 e. The van der Waals surface area contributed by atoms with Gasteiger partial charge in [0, 0.05) is 31.8 Å². The van der Waals surface area contributed by atoms with Crippen molar-refractivity contribution in [3.63, 3.8) is 0 Å². The van der Waals surface area contributed by atoms with E-state index in [0.29, 0.717) is 18.8 Å². The van der Waals surface area contributed by atoms with Crippen LogP contribution in [-0.2, 0) is 9.59 Å². The number of rotatable bonds is 6. The second-order valence-corrected chi connectivity index (χ2v) is 7.92. The highest BCUT2D eigenvalue weighted by Crippen LogP contribution is 2.29. The summed E-state index contributed by atoms with van der Waals surface area (Å²) in [5, 5.41) is 0. The number of ketones is 1. The molecule has 1 atom stereocenters. The zero-order valence-corrected chi connectivity index (χ0v) is 14.7. The lowest BCUT2D eigenvalue weighted by Crippen LogP contribution is -2.37. The van der Waals surface area contributed by atoms with E-state index in [-0.39, 0.29) is 22.5 Å². The Hall–Kier alpha value is -0.860. The summed E-state index contributed by atoms with van der Waals surface area (Å²) in [6.45, 7) is 15.3. The predicted octanol–water partition coefficient (Wildman–Crippen LogP) is 3.91. The summed E-state index contributed by atoms with van der Waals surface area (Å²) >= 11 is 0. The van der Waals surface area contributed by atoms with E-state index in [1.165, 1.54) is 0 Å². The van der Waals surface area contributed by atoms with Crippen LogP contribution in [-0.4, -0.2) is 30.2 Å². The van der Waals surface area contributed by atoms with Gasteiger partial charge in [0.2, 0.25) is 5.91 Å². The van der Waals surface area contributed by atoms with Gasteiger partial charge in [0.25, 0.3) is 0 Å². The molecule has 1 unspecified atom stereocenters. The molecule has 0 spiro atoms. The van der Waals surface area contributed by atoms with Gasteiger partial charge in [-0.05, 0) is 11.3 Å². The average molecular weight is 283 g/mol. The van der Waals surface area contributed by atoms with Gasteiger partial charge in [-0.15, -0.1) is 0 Å². The molecular weight excluding hydrogens is 250 g/mol. The van der Waals surface area contributed by atoms with Gasteiger partial charge >= 0.3 is 0 Å². The summed E-state index contributed by atoms with van der Waals surface area (Å²) in [4.78, 5) is 25.8. The van der Waals surface area contributed by atoms with Crippen molar-refractivity contribution >= 4 is 11.7 Å². The Morgan fingerprint density at radius 3 is 1.85 bits per heavy atom. The maximum absolute atomic E-state index is 12.1. The van der Waals surface area contributed by atoms with E-state index in [9.17, 15) is 9.59 Å². The van der Waals surface area contributed by atoms with Crippen molar-refractivity contribution < 1.29 is 9.59 Å². The van der Waals surface area contributed by atoms with E-state index in [0.717, 1.165) is 13.0 Å². The lowest BCUT2D eigenvalue weighted by Gasteiger charge is -2.33. The van der Waals surface area contributed by atoms with Crippen molar-refractivity contribution in [3.05, 3.63) is 0 Å². The van der Waals surface area contributed by atoms with Gasteiger partial charge in [-0.25, -0.2) is 0 Å². The molecule has 0 aromatic heterocycles. The Morgan fingerprint density at radius 2 is 1.50 bits per heavy atom. The zero-order valence-electron chi connectivity index (χ0n) is 14.7. The van der Waals surface area contributed by atoms with E-state index in [2.05, 4.69) is 27.7 Å². The molecule has 0 N–H and O–H groups in total. The number of carbonyl (C=O) groups excluding carboxylic acids is 2. The number of hydrogen-bond acceptors (Lipinski definition) is 2. The Balaban J connectivity index is 4.40. The van der Waals surface area contributed by atoms with Crippen molar-refractivity contribution in [1.29, 1.82) is 0 Å². The average Bonchev–Trinajstić information content (AvgIpc) is 2.29. The maximum Gasteiger partial charge on any atom is 0.222 e. The number of amides is 1. The van der Waals surface area contributed by atoms with E-state index < -0.39 is 0 Å². The lowest BCUT2D eigenvalue weighted by molar-refractivity contribution is -0.134. The first kappa shape index (κ1) is 19.1. The normalized spacial score (nSPS) is 14.0. The van der Waals surface area contributed by atoms with Gasteiger partial charge in [-0.1, -0.05) is 54.9 Å². The second kappa shape index (κ2) is 7.24. The molecule has 0 bridgehead atoms. The standard InChI is InChI=1S/C17H33NO2/c1-9-13(16(2,3)4)12-18(8)15(20)11-10-14(19)17(5,6)7/h13H,9-12H2,1-8H3. The number of Topliss-reactive ketones (excluding diaryl/α,β-unsaturated/α-hetero) is 1. The first-order valence-corrected chi connectivity index (χ1v) is 7.66. The fraction of sp³-hybridized carbons (Fsp3) is 0.882. The zero-order chi connectivity index (χ0) is 16.1. The Bertz CT molecular complexity index is 334. The first-order chi connectivity index (χ1) is 8.89. The molecule has 0 heterocycles. The summed E-state index contributed by atoms with van der Waals surface area (Å²) in [5.41, 5.74) is -0.152. The van der Waals surface area contributed by atoms with Gasteiger partial charge in [-0.3, -0.25) is 9.59 Å². The van der Waals surface area contributed by atoms with E-state index in [1.807, 2.05) is 27.8 Å². The monoisotopic (exact) mass is 283 g/mol. The maximum atomic E-state index is 12.1. The molecule has 0 radical (unpaired) electrons. The molecule has 0 aliphatic heterocycles. The Labute approximate surface area is 125 Å². The SMILES string of the molecule is CCC(CN(C)C(=O)CCC(=O)C(C)(C)C)C(C)(C)C. The van der Waals surface area contributed by atoms with E-state index >= 15 is 0 Å². The minimum absolute atomic E-state index is 0.0744. The predicted molar refractivity (Wildman–Crippen MR) is 84.6 cm³/mol. The van der Waals surface area contributed by atoms with Crippen molar-refractivity contribution in [1.82, 2.24) is 4.90 Å². The third-order valence-electron chi connectivity index (χ3n) is 4.04. The summed E-state index contributed by atoms with van der Waals surface area (Å²) in [7, 11) is 1.85. The highest BCUT2D eigenvalue weighted by molar-refractivity contribution is 5.88. The highest BCUT2D eigenvalue weighted by atomic mass is 16.2. The molecular formula is C17H33NO2. The van der Waals surface area contributed by atoms with Crippen molar-refractivity contribution in [2.75, 3.05) is 13.6 Å². The van der Waals surface area contributed by atoms with Gasteiger partial charge in [-0.2, -0.15) is 0 Å². The molecule has 1 amide bonds. The second-order valence-electron chi connectivity index (χ2n) is 7.92. The van der Waals surface area contributed by atoms with Crippen LogP contribution in [0, 0.1) is 16.7 Å². The van der Waals surface area contributed by atoms with Crippen LogP contribution in [0.25, 0.3) is 0 Å². The van der Waals surface area contributed by atoms with Crippen molar-refractivity contribution in [3.8, 4) is 0 Å². The van der Waals surface area contributed by atoms with Crippen LogP contribution in [0.4, 0.5) is 0 Å². The van der Waals surface area contributed by atoms with Gasteiger partial charge in [0.05, 0.1) is 0 Å². The van der Waals surface area contributed by atoms with Gasteiger partial charge < -0.3 is 4.90 Å². The molecule has 3 heteroatoms. The lowest BCUT2D eigenvalue weighted by atomic mass is 9.79. The summed E-state index contributed by atoms with van der Waals surface area (Å²) in [5.74, 6) is 0.710. The summed E-state index contributed by atoms with van der Waals surface area (Å²) < 4.78 is 0. The molecule has 0 aliphatic carbocycles. The largest absolute Gasteiger partial charge is 0.345 e. The van der Waals surface area contributed by atoms with Crippen LogP contribution in [0.1, 0.15) is 67.7 Å². The number of nitrogens with zero attached hydrogens (tertiary/aromatic N) is 1. The topological polar surface area (TPSA) is 37.4 Å². The van der Waals surface area contributed by atoms with Crippen molar-refractivity contribution in [2.45, 2.75) is 67.7 Å². The fourth-order valence-electron chi connectivity index (χ4n) is 2.23. The third-order valence-corrected chi connectivity index (χ3v) is 4.04. The highest BCUT2D eigenvalue weighted by Gasteiger charge is 2.26. The Morgan fingerprint density at radius 1 is 1.00 bits per heavy atom. The van der Waals surface area contributed by atoms with Crippen LogP contribution in [0.3, 0.4) is 0 Å². The number of hydrogen-bond donors (Lipinski definition) is 0. The quantitative estimate of drug-likeness (QED) is 0.741. The molecule has 0 rings (SSSR count). The minimum Gasteiger partial charge on any atom is -0.345 e. The molecule has 0 aromatic carbocycles.